The Morgan fingerprint density at radius 3 is 2.52 bits per heavy atom. The van der Waals surface area contributed by atoms with Crippen molar-refractivity contribution in [3.63, 3.8) is 0 Å². The molecule has 0 aliphatic heterocycles. The van der Waals surface area contributed by atoms with Crippen molar-refractivity contribution < 1.29 is 12.8 Å². The Morgan fingerprint density at radius 2 is 1.90 bits per heavy atom. The van der Waals surface area contributed by atoms with Crippen LogP contribution in [0.4, 0.5) is 4.39 Å². The highest BCUT2D eigenvalue weighted by Crippen LogP contribution is 2.12. The van der Waals surface area contributed by atoms with Crippen molar-refractivity contribution in [3.05, 3.63) is 60.0 Å². The van der Waals surface area contributed by atoms with Gasteiger partial charge in [0, 0.05) is 18.1 Å². The lowest BCUT2D eigenvalue weighted by Gasteiger charge is -2.16. The number of nitrogens with one attached hydrogen (secondary N) is 1. The minimum atomic E-state index is -4.04. The average molecular weight is 329 g/mol. The van der Waals surface area contributed by atoms with Gasteiger partial charge in [-0.25, -0.2) is 22.5 Å². The van der Waals surface area contributed by atoms with Crippen LogP contribution >= 0.6 is 11.6 Å². The van der Waals surface area contributed by atoms with Crippen LogP contribution < -0.4 is 4.72 Å². The van der Waals surface area contributed by atoms with Crippen LogP contribution in [0.15, 0.2) is 53.7 Å². The predicted molar refractivity (Wildman–Crippen MR) is 79.2 cm³/mol. The summed E-state index contributed by atoms with van der Waals surface area (Å²) >= 11 is 5.81. The predicted octanol–water partition coefficient (Wildman–Crippen LogP) is 2.35. The van der Waals surface area contributed by atoms with Gasteiger partial charge in [0.15, 0.2) is 5.82 Å². The molecule has 1 N–H and O–H groups in total. The van der Waals surface area contributed by atoms with Crippen LogP contribution in [0.2, 0.25) is 0 Å². The molecule has 1 heterocycles. The zero-order valence-electron chi connectivity index (χ0n) is 11.0. The second-order valence-corrected chi connectivity index (χ2v) is 6.39. The zero-order chi connectivity index (χ0) is 15.3. The molecule has 0 radical (unpaired) electrons. The average Bonchev–Trinajstić information content (AvgIpc) is 2.47. The number of hydrogen-bond acceptors (Lipinski definition) is 3. The molecule has 7 heteroatoms. The maximum Gasteiger partial charge on any atom is 0.261 e. The Morgan fingerprint density at radius 1 is 1.19 bits per heavy atom. The van der Waals surface area contributed by atoms with E-state index in [2.05, 4.69) is 9.71 Å². The van der Waals surface area contributed by atoms with E-state index in [0.29, 0.717) is 6.42 Å². The number of nitrogens with zero attached hydrogens (tertiary/aromatic N) is 1. The molecule has 2 aromatic rings. The Kier molecular flexibility index (Phi) is 5.27. The Hall–Kier alpha value is -1.50. The van der Waals surface area contributed by atoms with E-state index in [1.54, 1.807) is 0 Å². The number of rotatable bonds is 6. The second-order valence-electron chi connectivity index (χ2n) is 4.45. The summed E-state index contributed by atoms with van der Waals surface area (Å²) in [5.74, 6) is -0.819. The first kappa shape index (κ1) is 15.9. The van der Waals surface area contributed by atoms with Crippen molar-refractivity contribution in [1.29, 1.82) is 0 Å². The van der Waals surface area contributed by atoms with Crippen LogP contribution in [0, 0.1) is 5.82 Å². The molecule has 1 aromatic heterocycles. The summed E-state index contributed by atoms with van der Waals surface area (Å²) in [5.41, 5.74) is 0.937. The van der Waals surface area contributed by atoms with E-state index in [0.717, 1.165) is 11.6 Å². The fourth-order valence-corrected chi connectivity index (χ4v) is 3.39. The molecule has 0 aliphatic carbocycles. The quantitative estimate of drug-likeness (QED) is 0.828. The summed E-state index contributed by atoms with van der Waals surface area (Å²) < 4.78 is 40.2. The molecule has 0 fully saturated rings. The molecule has 0 saturated heterocycles. The monoisotopic (exact) mass is 328 g/mol. The SMILES string of the molecule is O=S(=O)(NC(CCl)Cc1ccccc1)c1ncccc1F. The van der Waals surface area contributed by atoms with Gasteiger partial charge < -0.3 is 0 Å². The summed E-state index contributed by atoms with van der Waals surface area (Å²) in [6.45, 7) is 0. The maximum atomic E-state index is 13.6. The fraction of sp³-hybridized carbons (Fsp3) is 0.214. The van der Waals surface area contributed by atoms with Crippen molar-refractivity contribution in [1.82, 2.24) is 9.71 Å². The number of hydrogen-bond donors (Lipinski definition) is 1. The van der Waals surface area contributed by atoms with E-state index in [9.17, 15) is 12.8 Å². The van der Waals surface area contributed by atoms with E-state index in [-0.39, 0.29) is 5.88 Å². The first-order chi connectivity index (χ1) is 10.0. The highest BCUT2D eigenvalue weighted by Gasteiger charge is 2.24. The highest BCUT2D eigenvalue weighted by atomic mass is 35.5. The van der Waals surface area contributed by atoms with Gasteiger partial charge in [0.2, 0.25) is 5.03 Å². The number of benzene rings is 1. The van der Waals surface area contributed by atoms with Gasteiger partial charge in [-0.15, -0.1) is 11.6 Å². The molecule has 1 aromatic carbocycles. The van der Waals surface area contributed by atoms with Crippen LogP contribution in [-0.4, -0.2) is 25.3 Å². The summed E-state index contributed by atoms with van der Waals surface area (Å²) in [6.07, 6.45) is 1.64. The Labute approximate surface area is 128 Å². The van der Waals surface area contributed by atoms with E-state index in [1.807, 2.05) is 30.3 Å². The normalized spacial score (nSPS) is 13.0. The third-order valence-electron chi connectivity index (χ3n) is 2.81. The first-order valence-electron chi connectivity index (χ1n) is 6.25. The van der Waals surface area contributed by atoms with Gasteiger partial charge in [0.05, 0.1) is 0 Å². The molecule has 2 rings (SSSR count). The Balaban J connectivity index is 2.16. The topological polar surface area (TPSA) is 59.1 Å². The third kappa shape index (κ3) is 4.23. The van der Waals surface area contributed by atoms with E-state index < -0.39 is 26.9 Å². The smallest absolute Gasteiger partial charge is 0.241 e. The second kappa shape index (κ2) is 6.98. The molecule has 1 unspecified atom stereocenters. The van der Waals surface area contributed by atoms with Gasteiger partial charge in [0.25, 0.3) is 10.0 Å². The molecule has 0 spiro atoms. The van der Waals surface area contributed by atoms with Crippen molar-refractivity contribution in [2.45, 2.75) is 17.5 Å². The number of pyridine rings is 1. The van der Waals surface area contributed by atoms with Gasteiger partial charge in [-0.2, -0.15) is 0 Å². The lowest BCUT2D eigenvalue weighted by atomic mass is 10.1. The van der Waals surface area contributed by atoms with Crippen molar-refractivity contribution >= 4 is 21.6 Å². The molecular weight excluding hydrogens is 315 g/mol. The first-order valence-corrected chi connectivity index (χ1v) is 8.27. The molecule has 112 valence electrons. The van der Waals surface area contributed by atoms with Gasteiger partial charge in [-0.3, -0.25) is 0 Å². The number of halogens is 2. The van der Waals surface area contributed by atoms with Crippen molar-refractivity contribution in [2.24, 2.45) is 0 Å². The lowest BCUT2D eigenvalue weighted by Crippen LogP contribution is -2.38. The van der Waals surface area contributed by atoms with E-state index in [4.69, 9.17) is 11.6 Å². The van der Waals surface area contributed by atoms with Gasteiger partial charge in [-0.1, -0.05) is 30.3 Å². The number of aromatic nitrogens is 1. The largest absolute Gasteiger partial charge is 0.261 e. The summed E-state index contributed by atoms with van der Waals surface area (Å²) in [4.78, 5) is 3.58. The molecule has 0 aliphatic rings. The zero-order valence-corrected chi connectivity index (χ0v) is 12.6. The highest BCUT2D eigenvalue weighted by molar-refractivity contribution is 7.89. The molecule has 0 bridgehead atoms. The number of alkyl halides is 1. The fourth-order valence-electron chi connectivity index (χ4n) is 1.87. The third-order valence-corrected chi connectivity index (χ3v) is 4.64. The standard InChI is InChI=1S/C14H14ClFN2O2S/c15-10-12(9-11-5-2-1-3-6-11)18-21(19,20)14-13(16)7-4-8-17-14/h1-8,12,18H,9-10H2. The Bertz CT molecular complexity index is 695. The summed E-state index contributed by atoms with van der Waals surface area (Å²) in [6, 6.07) is 11.2. The van der Waals surface area contributed by atoms with Crippen molar-refractivity contribution in [2.75, 3.05) is 5.88 Å². The van der Waals surface area contributed by atoms with Crippen LogP contribution in [0.1, 0.15) is 5.56 Å². The number of sulfonamides is 1. The van der Waals surface area contributed by atoms with Crippen molar-refractivity contribution in [3.8, 4) is 0 Å². The van der Waals surface area contributed by atoms with E-state index >= 15 is 0 Å². The molecular formula is C14H14ClFN2O2S. The van der Waals surface area contributed by atoms with E-state index in [1.165, 1.54) is 12.3 Å². The van der Waals surface area contributed by atoms with Gasteiger partial charge in [-0.05, 0) is 24.1 Å². The minimum absolute atomic E-state index is 0.0720. The summed E-state index contributed by atoms with van der Waals surface area (Å²) in [7, 11) is -4.04. The molecule has 0 amide bonds. The van der Waals surface area contributed by atoms with Crippen LogP contribution in [0.3, 0.4) is 0 Å². The molecule has 21 heavy (non-hydrogen) atoms. The van der Waals surface area contributed by atoms with Crippen LogP contribution in [0.5, 0.6) is 0 Å². The van der Waals surface area contributed by atoms with Gasteiger partial charge in [0.1, 0.15) is 0 Å². The molecule has 1 atom stereocenters. The van der Waals surface area contributed by atoms with Gasteiger partial charge >= 0.3 is 0 Å². The maximum absolute atomic E-state index is 13.6. The molecule has 4 nitrogen and oxygen atoms in total. The van der Waals surface area contributed by atoms with Crippen LogP contribution in [-0.2, 0) is 16.4 Å². The lowest BCUT2D eigenvalue weighted by molar-refractivity contribution is 0.532. The molecule has 0 saturated carbocycles. The minimum Gasteiger partial charge on any atom is -0.241 e. The van der Waals surface area contributed by atoms with Crippen LogP contribution in [0.25, 0.3) is 0 Å². The summed E-state index contributed by atoms with van der Waals surface area (Å²) in [5, 5.41) is -0.617.